The van der Waals surface area contributed by atoms with E-state index in [0.29, 0.717) is 6.04 Å². The van der Waals surface area contributed by atoms with Gasteiger partial charge >= 0.3 is 0 Å². The molecule has 1 aromatic heterocycles. The first-order valence-electron chi connectivity index (χ1n) is 7.96. The van der Waals surface area contributed by atoms with Crippen molar-refractivity contribution in [2.24, 2.45) is 5.92 Å². The molecule has 0 spiro atoms. The van der Waals surface area contributed by atoms with Gasteiger partial charge in [0.25, 0.3) is 0 Å². The molecule has 1 unspecified atom stereocenters. The van der Waals surface area contributed by atoms with Crippen LogP contribution in [0.1, 0.15) is 37.6 Å². The van der Waals surface area contributed by atoms with Crippen LogP contribution in [0.15, 0.2) is 41.8 Å². The number of thiophene rings is 1. The second-order valence-corrected chi connectivity index (χ2v) is 6.67. The van der Waals surface area contributed by atoms with E-state index < -0.39 is 0 Å². The van der Waals surface area contributed by atoms with E-state index in [0.717, 1.165) is 19.0 Å². The van der Waals surface area contributed by atoms with Crippen LogP contribution >= 0.6 is 11.3 Å². The Bertz CT molecular complexity index is 539. The first-order chi connectivity index (χ1) is 10.3. The summed E-state index contributed by atoms with van der Waals surface area (Å²) in [6, 6.07) is 13.8. The smallest absolute Gasteiger partial charge is 0.0634 e. The second kappa shape index (κ2) is 6.52. The first-order valence-corrected chi connectivity index (χ1v) is 8.84. The summed E-state index contributed by atoms with van der Waals surface area (Å²) < 4.78 is 0. The third-order valence-electron chi connectivity index (χ3n) is 4.26. The van der Waals surface area contributed by atoms with Gasteiger partial charge in [0.2, 0.25) is 0 Å². The lowest BCUT2D eigenvalue weighted by atomic mass is 10.1. The Hall–Kier alpha value is -1.48. The van der Waals surface area contributed by atoms with Crippen LogP contribution in [0.25, 0.3) is 0 Å². The average molecular weight is 300 g/mol. The largest absolute Gasteiger partial charge is 0.377 e. The summed E-state index contributed by atoms with van der Waals surface area (Å²) in [5, 5.41) is 5.91. The summed E-state index contributed by atoms with van der Waals surface area (Å²) in [6.45, 7) is 6.53. The molecule has 2 nitrogen and oxygen atoms in total. The molecule has 0 saturated heterocycles. The molecule has 0 bridgehead atoms. The van der Waals surface area contributed by atoms with Crippen molar-refractivity contribution in [3.8, 4) is 0 Å². The third kappa shape index (κ3) is 3.41. The molecule has 1 aromatic carbocycles. The summed E-state index contributed by atoms with van der Waals surface area (Å²) in [6.07, 6.45) is 2.71. The van der Waals surface area contributed by atoms with Gasteiger partial charge in [-0.3, -0.25) is 0 Å². The molecule has 112 valence electrons. The monoisotopic (exact) mass is 300 g/mol. The zero-order valence-electron chi connectivity index (χ0n) is 12.9. The van der Waals surface area contributed by atoms with Crippen molar-refractivity contribution in [2.75, 3.05) is 23.3 Å². The quantitative estimate of drug-likeness (QED) is 0.760. The van der Waals surface area contributed by atoms with Gasteiger partial charge in [0, 0.05) is 29.3 Å². The summed E-state index contributed by atoms with van der Waals surface area (Å²) >= 11 is 1.86. The number of rotatable bonds is 7. The van der Waals surface area contributed by atoms with Crippen LogP contribution in [0.4, 0.5) is 11.4 Å². The highest BCUT2D eigenvalue weighted by molar-refractivity contribution is 7.10. The van der Waals surface area contributed by atoms with E-state index >= 15 is 0 Å². The Morgan fingerprint density at radius 2 is 1.86 bits per heavy atom. The summed E-state index contributed by atoms with van der Waals surface area (Å²) in [4.78, 5) is 3.84. The Balaban J connectivity index is 1.72. The van der Waals surface area contributed by atoms with E-state index in [1.54, 1.807) is 0 Å². The van der Waals surface area contributed by atoms with Gasteiger partial charge in [-0.2, -0.15) is 0 Å². The lowest BCUT2D eigenvalue weighted by molar-refractivity contribution is 0.691. The molecule has 0 aliphatic heterocycles. The van der Waals surface area contributed by atoms with Crippen LogP contribution in [-0.4, -0.2) is 13.1 Å². The molecule has 21 heavy (non-hydrogen) atoms. The van der Waals surface area contributed by atoms with E-state index in [4.69, 9.17) is 0 Å². The minimum absolute atomic E-state index is 0.490. The Morgan fingerprint density at radius 3 is 2.38 bits per heavy atom. The molecular weight excluding hydrogens is 276 g/mol. The standard InChI is InChI=1S/C18H24N2S/c1-3-20(4-2)16-11-9-15(10-12-16)19-18(14-7-8-14)17-6-5-13-21-17/h5-6,9-14,18-19H,3-4,7-8H2,1-2H3. The van der Waals surface area contributed by atoms with Crippen LogP contribution < -0.4 is 10.2 Å². The van der Waals surface area contributed by atoms with Crippen LogP contribution in [0, 0.1) is 5.92 Å². The molecule has 1 saturated carbocycles. The van der Waals surface area contributed by atoms with Gasteiger partial charge in [0.1, 0.15) is 0 Å². The summed E-state index contributed by atoms with van der Waals surface area (Å²) in [5.41, 5.74) is 2.54. The molecule has 3 rings (SSSR count). The molecular formula is C18H24N2S. The van der Waals surface area contributed by atoms with Gasteiger partial charge in [0.05, 0.1) is 6.04 Å². The third-order valence-corrected chi connectivity index (χ3v) is 5.22. The fraction of sp³-hybridized carbons (Fsp3) is 0.444. The van der Waals surface area contributed by atoms with E-state index in [9.17, 15) is 0 Å². The van der Waals surface area contributed by atoms with E-state index in [1.807, 2.05) is 11.3 Å². The zero-order valence-corrected chi connectivity index (χ0v) is 13.7. The highest BCUT2D eigenvalue weighted by atomic mass is 32.1. The summed E-state index contributed by atoms with van der Waals surface area (Å²) in [5.74, 6) is 0.811. The van der Waals surface area contributed by atoms with Crippen molar-refractivity contribution in [1.29, 1.82) is 0 Å². The van der Waals surface area contributed by atoms with Gasteiger partial charge in [-0.25, -0.2) is 0 Å². The lowest BCUT2D eigenvalue weighted by Crippen LogP contribution is -2.21. The molecule has 3 heteroatoms. The predicted molar refractivity (Wildman–Crippen MR) is 93.4 cm³/mol. The number of anilines is 2. The molecule has 1 aliphatic carbocycles. The van der Waals surface area contributed by atoms with Crippen molar-refractivity contribution in [3.63, 3.8) is 0 Å². The predicted octanol–water partition coefficient (Wildman–Crippen LogP) is 5.16. The van der Waals surface area contributed by atoms with Gasteiger partial charge in [0.15, 0.2) is 0 Å². The number of hydrogen-bond acceptors (Lipinski definition) is 3. The fourth-order valence-corrected chi connectivity index (χ4v) is 3.73. The summed E-state index contributed by atoms with van der Waals surface area (Å²) in [7, 11) is 0. The molecule has 0 radical (unpaired) electrons. The number of nitrogens with zero attached hydrogens (tertiary/aromatic N) is 1. The van der Waals surface area contributed by atoms with Crippen LogP contribution in [0.3, 0.4) is 0 Å². The maximum atomic E-state index is 3.74. The van der Waals surface area contributed by atoms with Crippen LogP contribution in [-0.2, 0) is 0 Å². The minimum atomic E-state index is 0.490. The Morgan fingerprint density at radius 1 is 1.14 bits per heavy atom. The second-order valence-electron chi connectivity index (χ2n) is 5.69. The van der Waals surface area contributed by atoms with Crippen molar-refractivity contribution in [3.05, 3.63) is 46.7 Å². The average Bonchev–Trinajstić information content (AvgIpc) is 3.21. The van der Waals surface area contributed by atoms with Crippen molar-refractivity contribution >= 4 is 22.7 Å². The van der Waals surface area contributed by atoms with Gasteiger partial charge in [-0.05, 0) is 68.3 Å². The van der Waals surface area contributed by atoms with Crippen LogP contribution in [0.5, 0.6) is 0 Å². The molecule has 1 aliphatic rings. The molecule has 1 fully saturated rings. The lowest BCUT2D eigenvalue weighted by Gasteiger charge is -2.22. The van der Waals surface area contributed by atoms with Crippen LogP contribution in [0.2, 0.25) is 0 Å². The maximum absolute atomic E-state index is 3.74. The topological polar surface area (TPSA) is 15.3 Å². The molecule has 1 atom stereocenters. The fourth-order valence-electron chi connectivity index (χ4n) is 2.86. The normalized spacial score (nSPS) is 15.7. The van der Waals surface area contributed by atoms with Gasteiger partial charge in [-0.15, -0.1) is 11.3 Å². The Kier molecular flexibility index (Phi) is 4.49. The van der Waals surface area contributed by atoms with E-state index in [-0.39, 0.29) is 0 Å². The van der Waals surface area contributed by atoms with Gasteiger partial charge < -0.3 is 10.2 Å². The van der Waals surface area contributed by atoms with Crippen molar-refractivity contribution in [2.45, 2.75) is 32.7 Å². The van der Waals surface area contributed by atoms with E-state index in [2.05, 4.69) is 65.8 Å². The van der Waals surface area contributed by atoms with Crippen molar-refractivity contribution in [1.82, 2.24) is 0 Å². The SMILES string of the molecule is CCN(CC)c1ccc(NC(c2cccs2)C2CC2)cc1. The highest BCUT2D eigenvalue weighted by Crippen LogP contribution is 2.44. The number of nitrogens with one attached hydrogen (secondary N) is 1. The van der Waals surface area contributed by atoms with E-state index in [1.165, 1.54) is 29.1 Å². The minimum Gasteiger partial charge on any atom is -0.377 e. The highest BCUT2D eigenvalue weighted by Gasteiger charge is 2.32. The molecule has 0 amide bonds. The molecule has 2 aromatic rings. The Labute approximate surface area is 131 Å². The zero-order chi connectivity index (χ0) is 14.7. The maximum Gasteiger partial charge on any atom is 0.0634 e. The molecule has 1 heterocycles. The van der Waals surface area contributed by atoms with Crippen molar-refractivity contribution < 1.29 is 0 Å². The number of benzene rings is 1. The first kappa shape index (κ1) is 14.5. The molecule has 1 N–H and O–H groups in total. The van der Waals surface area contributed by atoms with Gasteiger partial charge in [-0.1, -0.05) is 6.07 Å². The number of hydrogen-bond donors (Lipinski definition) is 1.